The van der Waals surface area contributed by atoms with Gasteiger partial charge in [-0.3, -0.25) is 4.98 Å². The Hall–Kier alpha value is -2.84. The number of ether oxygens (including phenoxy) is 2. The Morgan fingerprint density at radius 1 is 1.17 bits per heavy atom. The van der Waals surface area contributed by atoms with Gasteiger partial charge in [-0.1, -0.05) is 0 Å². The molecule has 0 unspecified atom stereocenters. The normalized spacial score (nSPS) is 10.8. The SMILES string of the molecule is COc1ccc(-c2nc(-c3cnccn3)nn2COCCO)cc1. The Morgan fingerprint density at radius 3 is 2.67 bits per heavy atom. The maximum absolute atomic E-state index is 8.87. The molecule has 0 spiro atoms. The fourth-order valence-corrected chi connectivity index (χ4v) is 2.12. The van der Waals surface area contributed by atoms with Crippen LogP contribution in [0.1, 0.15) is 0 Å². The van der Waals surface area contributed by atoms with E-state index >= 15 is 0 Å². The monoisotopic (exact) mass is 327 g/mol. The fraction of sp³-hybridized carbons (Fsp3) is 0.250. The minimum atomic E-state index is -0.0520. The molecule has 0 atom stereocenters. The van der Waals surface area contributed by atoms with E-state index in [2.05, 4.69) is 20.1 Å². The van der Waals surface area contributed by atoms with Crippen LogP contribution in [0.4, 0.5) is 0 Å². The number of methoxy groups -OCH3 is 1. The number of benzene rings is 1. The van der Waals surface area contributed by atoms with E-state index in [1.807, 2.05) is 24.3 Å². The topological polar surface area (TPSA) is 95.2 Å². The Kier molecular flexibility index (Phi) is 5.09. The van der Waals surface area contributed by atoms with Crippen LogP contribution >= 0.6 is 0 Å². The third-order valence-electron chi connectivity index (χ3n) is 3.26. The van der Waals surface area contributed by atoms with Crippen molar-refractivity contribution in [3.8, 4) is 28.7 Å². The Bertz CT molecular complexity index is 774. The molecule has 0 saturated carbocycles. The molecule has 0 bridgehead atoms. The zero-order chi connectivity index (χ0) is 16.8. The van der Waals surface area contributed by atoms with Crippen molar-refractivity contribution in [1.82, 2.24) is 24.7 Å². The molecule has 0 radical (unpaired) electrons. The molecule has 3 rings (SSSR count). The highest BCUT2D eigenvalue weighted by molar-refractivity contribution is 5.60. The van der Waals surface area contributed by atoms with Gasteiger partial charge in [-0.2, -0.15) is 0 Å². The molecular formula is C16H17N5O3. The van der Waals surface area contributed by atoms with E-state index in [1.165, 1.54) is 0 Å². The molecule has 3 aromatic rings. The smallest absolute Gasteiger partial charge is 0.202 e. The van der Waals surface area contributed by atoms with Crippen molar-refractivity contribution in [3.05, 3.63) is 42.9 Å². The zero-order valence-electron chi connectivity index (χ0n) is 13.2. The quantitative estimate of drug-likeness (QED) is 0.655. The summed E-state index contributed by atoms with van der Waals surface area (Å²) >= 11 is 0. The Labute approximate surface area is 138 Å². The summed E-state index contributed by atoms with van der Waals surface area (Å²) in [7, 11) is 1.62. The van der Waals surface area contributed by atoms with Gasteiger partial charge in [0.25, 0.3) is 0 Å². The molecule has 0 aliphatic carbocycles. The second-order valence-corrected chi connectivity index (χ2v) is 4.84. The highest BCUT2D eigenvalue weighted by atomic mass is 16.5. The van der Waals surface area contributed by atoms with Crippen LogP contribution in [0.5, 0.6) is 5.75 Å². The molecule has 124 valence electrons. The lowest BCUT2D eigenvalue weighted by atomic mass is 10.2. The summed E-state index contributed by atoms with van der Waals surface area (Å²) in [5.74, 6) is 1.85. The number of rotatable bonds is 7. The molecule has 2 aromatic heterocycles. The average Bonchev–Trinajstić information content (AvgIpc) is 3.07. The molecule has 2 heterocycles. The maximum Gasteiger partial charge on any atom is 0.202 e. The van der Waals surface area contributed by atoms with Gasteiger partial charge in [0, 0.05) is 18.0 Å². The molecule has 8 heteroatoms. The first-order valence-corrected chi connectivity index (χ1v) is 7.36. The van der Waals surface area contributed by atoms with Gasteiger partial charge < -0.3 is 14.6 Å². The largest absolute Gasteiger partial charge is 0.497 e. The number of hydrogen-bond acceptors (Lipinski definition) is 7. The van der Waals surface area contributed by atoms with E-state index in [0.717, 1.165) is 11.3 Å². The summed E-state index contributed by atoms with van der Waals surface area (Å²) in [4.78, 5) is 12.8. The molecule has 1 N–H and O–H groups in total. The zero-order valence-corrected chi connectivity index (χ0v) is 13.2. The van der Waals surface area contributed by atoms with Crippen molar-refractivity contribution in [3.63, 3.8) is 0 Å². The summed E-state index contributed by atoms with van der Waals surface area (Å²) < 4.78 is 12.2. The fourth-order valence-electron chi connectivity index (χ4n) is 2.12. The summed E-state index contributed by atoms with van der Waals surface area (Å²) in [6.07, 6.45) is 4.78. The van der Waals surface area contributed by atoms with Gasteiger partial charge >= 0.3 is 0 Å². The first kappa shape index (κ1) is 16.0. The molecule has 8 nitrogen and oxygen atoms in total. The molecule has 1 aromatic carbocycles. The van der Waals surface area contributed by atoms with E-state index in [4.69, 9.17) is 14.6 Å². The van der Waals surface area contributed by atoms with Crippen molar-refractivity contribution in [2.75, 3.05) is 20.3 Å². The third kappa shape index (κ3) is 3.55. The van der Waals surface area contributed by atoms with Gasteiger partial charge in [0.15, 0.2) is 5.82 Å². The lowest BCUT2D eigenvalue weighted by molar-refractivity contribution is 0.0428. The molecule has 0 saturated heterocycles. The predicted octanol–water partition coefficient (Wildman–Crippen LogP) is 1.38. The number of hydrogen-bond donors (Lipinski definition) is 1. The minimum absolute atomic E-state index is 0.0520. The van der Waals surface area contributed by atoms with Gasteiger partial charge in [0.05, 0.1) is 26.5 Å². The van der Waals surface area contributed by atoms with Gasteiger partial charge in [-0.15, -0.1) is 5.10 Å². The van der Waals surface area contributed by atoms with Gasteiger partial charge in [0.1, 0.15) is 18.2 Å². The summed E-state index contributed by atoms with van der Waals surface area (Å²) in [5, 5.41) is 13.3. The molecule has 0 fully saturated rings. The second-order valence-electron chi connectivity index (χ2n) is 4.84. The maximum atomic E-state index is 8.87. The van der Waals surface area contributed by atoms with E-state index in [9.17, 15) is 0 Å². The first-order chi connectivity index (χ1) is 11.8. The third-order valence-corrected chi connectivity index (χ3v) is 3.26. The van der Waals surface area contributed by atoms with Crippen LogP contribution in [0.3, 0.4) is 0 Å². The van der Waals surface area contributed by atoms with Crippen molar-refractivity contribution < 1.29 is 14.6 Å². The summed E-state index contributed by atoms with van der Waals surface area (Å²) in [5.41, 5.74) is 1.44. The van der Waals surface area contributed by atoms with E-state index in [-0.39, 0.29) is 19.9 Å². The van der Waals surface area contributed by atoms with E-state index in [1.54, 1.807) is 30.4 Å². The van der Waals surface area contributed by atoms with Crippen LogP contribution in [0, 0.1) is 0 Å². The molecule has 0 aliphatic rings. The van der Waals surface area contributed by atoms with Crippen LogP contribution in [0.15, 0.2) is 42.9 Å². The second kappa shape index (κ2) is 7.62. The van der Waals surface area contributed by atoms with E-state index in [0.29, 0.717) is 17.3 Å². The lowest BCUT2D eigenvalue weighted by Crippen LogP contribution is -2.09. The van der Waals surface area contributed by atoms with E-state index < -0.39 is 0 Å². The predicted molar refractivity (Wildman–Crippen MR) is 86.1 cm³/mol. The van der Waals surface area contributed by atoms with Gasteiger partial charge in [-0.05, 0) is 24.3 Å². The molecule has 0 aliphatic heterocycles. The van der Waals surface area contributed by atoms with Crippen LogP contribution in [-0.2, 0) is 11.5 Å². The van der Waals surface area contributed by atoms with Crippen LogP contribution in [0.25, 0.3) is 22.9 Å². The van der Waals surface area contributed by atoms with Crippen LogP contribution < -0.4 is 4.74 Å². The summed E-state index contributed by atoms with van der Waals surface area (Å²) in [6.45, 7) is 0.348. The van der Waals surface area contributed by atoms with Crippen LogP contribution in [0.2, 0.25) is 0 Å². The molecule has 24 heavy (non-hydrogen) atoms. The highest BCUT2D eigenvalue weighted by Gasteiger charge is 2.14. The Balaban J connectivity index is 1.96. The first-order valence-electron chi connectivity index (χ1n) is 7.36. The number of aliphatic hydroxyl groups is 1. The average molecular weight is 327 g/mol. The van der Waals surface area contributed by atoms with Gasteiger partial charge in [-0.25, -0.2) is 14.6 Å². The van der Waals surface area contributed by atoms with Crippen molar-refractivity contribution in [2.24, 2.45) is 0 Å². The molecular weight excluding hydrogens is 310 g/mol. The van der Waals surface area contributed by atoms with Gasteiger partial charge in [0.2, 0.25) is 5.82 Å². The van der Waals surface area contributed by atoms with Crippen LogP contribution in [-0.4, -0.2) is 50.2 Å². The standard InChI is InChI=1S/C16H17N5O3/c1-23-13-4-2-12(3-5-13)16-19-15(14-10-17-6-7-18-14)20-21(16)11-24-9-8-22/h2-7,10,22H,8-9,11H2,1H3. The minimum Gasteiger partial charge on any atom is -0.497 e. The summed E-state index contributed by atoms with van der Waals surface area (Å²) in [6, 6.07) is 7.49. The number of nitrogens with zero attached hydrogens (tertiary/aromatic N) is 5. The molecule has 0 amide bonds. The number of aromatic nitrogens is 5. The van der Waals surface area contributed by atoms with Crippen molar-refractivity contribution >= 4 is 0 Å². The van der Waals surface area contributed by atoms with Crippen molar-refractivity contribution in [1.29, 1.82) is 0 Å². The highest BCUT2D eigenvalue weighted by Crippen LogP contribution is 2.23. The number of aliphatic hydroxyl groups excluding tert-OH is 1. The lowest BCUT2D eigenvalue weighted by Gasteiger charge is -2.07. The Morgan fingerprint density at radius 2 is 2.00 bits per heavy atom. The van der Waals surface area contributed by atoms with Crippen molar-refractivity contribution in [2.45, 2.75) is 6.73 Å².